The largest absolute Gasteiger partial charge is 1.00 e. The van der Waals surface area contributed by atoms with Crippen LogP contribution in [0.2, 0.25) is 0 Å². The fourth-order valence-electron chi connectivity index (χ4n) is 4.58. The Morgan fingerprint density at radius 3 is 2.29 bits per heavy atom. The molecule has 0 bridgehead atoms. The third-order valence-electron chi connectivity index (χ3n) is 6.19. The van der Waals surface area contributed by atoms with Gasteiger partial charge in [0.2, 0.25) is 0 Å². The molecule has 0 aromatic heterocycles. The second-order valence-corrected chi connectivity index (χ2v) is 13.3. The van der Waals surface area contributed by atoms with E-state index in [-0.39, 0.29) is 24.8 Å². The van der Waals surface area contributed by atoms with E-state index >= 15 is 0 Å². The summed E-state index contributed by atoms with van der Waals surface area (Å²) in [5.41, 5.74) is 10.5. The Morgan fingerprint density at radius 1 is 0.774 bits per heavy atom. The predicted octanol–water partition coefficient (Wildman–Crippen LogP) is 0.870. The summed E-state index contributed by atoms with van der Waals surface area (Å²) >= 11 is -0.767. The zero-order chi connectivity index (χ0) is 20.0. The standard InChI is InChI=1S/C16H14P.C11H11.2ClH.Zr/c1-12-6-2-5-9-16(12)17-15-10-13-7-3-4-8-14(13)11-15;1-8-6-7-9(2)11-5-3-4-10(8)11;;;/h2-11,17H,1H3;3-7H,1-2H3;2*1H;/q;;;;+2/p-2. The smallest absolute Gasteiger partial charge is 1.00 e. The molecule has 0 N–H and O–H groups in total. The van der Waals surface area contributed by atoms with Crippen LogP contribution in [0.4, 0.5) is 0 Å². The minimum Gasteiger partial charge on any atom is -1.00 e. The SMILES string of the molecule is Cc1ccccc1PC1=Cc2ccccc2[CH]1[Zr+2][CH]1C=Cc2c(C)ccc(C)c21.[Cl-].[Cl-]. The molecule has 0 saturated heterocycles. The van der Waals surface area contributed by atoms with Crippen molar-refractivity contribution in [3.63, 3.8) is 0 Å². The zero-order valence-electron chi connectivity index (χ0n) is 17.9. The van der Waals surface area contributed by atoms with Crippen molar-refractivity contribution in [2.75, 3.05) is 0 Å². The van der Waals surface area contributed by atoms with Gasteiger partial charge >= 0.3 is 188 Å². The van der Waals surface area contributed by atoms with E-state index in [1.54, 1.807) is 16.4 Å². The van der Waals surface area contributed by atoms with Gasteiger partial charge in [-0.2, -0.15) is 0 Å². The monoisotopic (exact) mass is 540 g/mol. The Bertz CT molecular complexity index is 1170. The van der Waals surface area contributed by atoms with Crippen LogP contribution >= 0.6 is 8.58 Å². The van der Waals surface area contributed by atoms with Gasteiger partial charge in [-0.05, 0) is 0 Å². The molecule has 2 aliphatic carbocycles. The van der Waals surface area contributed by atoms with Crippen LogP contribution in [-0.2, 0) is 23.2 Å². The molecule has 156 valence electrons. The molecule has 0 heterocycles. The van der Waals surface area contributed by atoms with Crippen molar-refractivity contribution in [1.82, 2.24) is 0 Å². The molecule has 0 spiro atoms. The van der Waals surface area contributed by atoms with Gasteiger partial charge in [0.15, 0.2) is 0 Å². The quantitative estimate of drug-likeness (QED) is 0.430. The third kappa shape index (κ3) is 4.72. The molecular weight excluding hydrogens is 517 g/mol. The molecule has 2 aliphatic rings. The van der Waals surface area contributed by atoms with E-state index in [1.807, 2.05) is 0 Å². The van der Waals surface area contributed by atoms with E-state index in [1.165, 1.54) is 33.1 Å². The van der Waals surface area contributed by atoms with Gasteiger partial charge in [0.25, 0.3) is 0 Å². The van der Waals surface area contributed by atoms with Gasteiger partial charge in [-0.3, -0.25) is 0 Å². The van der Waals surface area contributed by atoms with E-state index in [9.17, 15) is 0 Å². The number of aryl methyl sites for hydroxylation is 3. The van der Waals surface area contributed by atoms with Crippen molar-refractivity contribution < 1.29 is 48.0 Å². The van der Waals surface area contributed by atoms with Crippen LogP contribution in [0.1, 0.15) is 46.2 Å². The van der Waals surface area contributed by atoms with Gasteiger partial charge in [-0.1, -0.05) is 0 Å². The van der Waals surface area contributed by atoms with E-state index in [0.717, 1.165) is 8.58 Å². The summed E-state index contributed by atoms with van der Waals surface area (Å²) in [7, 11) is 0.784. The molecule has 3 unspecified atom stereocenters. The van der Waals surface area contributed by atoms with Crippen LogP contribution in [0.25, 0.3) is 12.2 Å². The Morgan fingerprint density at radius 2 is 1.48 bits per heavy atom. The molecule has 31 heavy (non-hydrogen) atoms. The van der Waals surface area contributed by atoms with E-state index in [2.05, 4.69) is 99.7 Å². The average molecular weight is 543 g/mol. The van der Waals surface area contributed by atoms with Crippen LogP contribution in [0.3, 0.4) is 0 Å². The van der Waals surface area contributed by atoms with Gasteiger partial charge in [0.05, 0.1) is 0 Å². The average Bonchev–Trinajstić information content (AvgIpc) is 3.30. The second-order valence-electron chi connectivity index (χ2n) is 8.13. The summed E-state index contributed by atoms with van der Waals surface area (Å²) in [5, 5.41) is 3.17. The van der Waals surface area contributed by atoms with Gasteiger partial charge in [0, 0.05) is 0 Å². The first-order valence-corrected chi connectivity index (χ1v) is 14.1. The summed E-state index contributed by atoms with van der Waals surface area (Å²) in [5.74, 6) is 0. The minimum atomic E-state index is -0.767. The fourth-order valence-corrected chi connectivity index (χ4v) is 11.4. The summed E-state index contributed by atoms with van der Waals surface area (Å²) in [6.45, 7) is 6.81. The number of allylic oxidation sites excluding steroid dienone is 2. The number of hydrogen-bond acceptors (Lipinski definition) is 0. The third-order valence-corrected chi connectivity index (χ3v) is 12.9. The zero-order valence-corrected chi connectivity index (χ0v) is 22.9. The molecule has 5 rings (SSSR count). The Labute approximate surface area is 211 Å². The van der Waals surface area contributed by atoms with E-state index in [4.69, 9.17) is 0 Å². The first-order chi connectivity index (χ1) is 14.1. The van der Waals surface area contributed by atoms with Gasteiger partial charge in [-0.25, -0.2) is 0 Å². The molecular formula is C27H25Cl2PZr. The molecule has 0 nitrogen and oxygen atoms in total. The van der Waals surface area contributed by atoms with Gasteiger partial charge < -0.3 is 24.8 Å². The number of benzene rings is 3. The molecule has 0 saturated carbocycles. The fraction of sp³-hybridized carbons (Fsp3) is 0.185. The first-order valence-electron chi connectivity index (χ1n) is 10.3. The van der Waals surface area contributed by atoms with Crippen LogP contribution in [0, 0.1) is 20.8 Å². The molecule has 0 radical (unpaired) electrons. The maximum atomic E-state index is 2.52. The molecule has 3 aromatic carbocycles. The van der Waals surface area contributed by atoms with Crippen molar-refractivity contribution in [2.45, 2.75) is 28.0 Å². The molecule has 4 heteroatoms. The normalized spacial score (nSPS) is 18.1. The predicted molar refractivity (Wildman–Crippen MR) is 124 cm³/mol. The van der Waals surface area contributed by atoms with Gasteiger partial charge in [-0.15, -0.1) is 0 Å². The van der Waals surface area contributed by atoms with Crippen molar-refractivity contribution in [3.05, 3.63) is 111 Å². The molecule has 0 aliphatic heterocycles. The molecule has 0 amide bonds. The van der Waals surface area contributed by atoms with Crippen LogP contribution in [0.15, 0.2) is 72.1 Å². The molecule has 3 aromatic rings. The first kappa shape index (κ1) is 24.7. The number of halogens is 2. The Hall–Kier alpha value is -0.967. The van der Waals surface area contributed by atoms with Crippen molar-refractivity contribution in [3.8, 4) is 0 Å². The summed E-state index contributed by atoms with van der Waals surface area (Å²) in [6.07, 6.45) is 7.43. The summed E-state index contributed by atoms with van der Waals surface area (Å²) in [6, 6.07) is 22.6. The minimum absolute atomic E-state index is 0. The number of rotatable bonds is 4. The number of hydrogen-bond donors (Lipinski definition) is 0. The van der Waals surface area contributed by atoms with Crippen molar-refractivity contribution >= 4 is 26.0 Å². The van der Waals surface area contributed by atoms with E-state index < -0.39 is 23.2 Å². The Kier molecular flexibility index (Phi) is 8.21. The topological polar surface area (TPSA) is 0 Å². The van der Waals surface area contributed by atoms with E-state index in [0.29, 0.717) is 7.25 Å². The summed E-state index contributed by atoms with van der Waals surface area (Å²) in [4.78, 5) is 0. The number of fused-ring (bicyclic) bond motifs is 2. The van der Waals surface area contributed by atoms with Crippen LogP contribution in [-0.4, -0.2) is 0 Å². The summed E-state index contributed by atoms with van der Waals surface area (Å²) < 4.78 is 1.35. The van der Waals surface area contributed by atoms with Crippen molar-refractivity contribution in [1.29, 1.82) is 0 Å². The maximum absolute atomic E-state index is 2.52. The maximum Gasteiger partial charge on any atom is -1.00 e. The Balaban J connectivity index is 0.00000136. The molecule has 3 atom stereocenters. The molecule has 0 fully saturated rings. The van der Waals surface area contributed by atoms with Crippen LogP contribution < -0.4 is 30.1 Å². The van der Waals surface area contributed by atoms with Crippen molar-refractivity contribution in [2.24, 2.45) is 0 Å². The van der Waals surface area contributed by atoms with Gasteiger partial charge in [0.1, 0.15) is 0 Å². The second kappa shape index (κ2) is 10.3. The van der Waals surface area contributed by atoms with Crippen LogP contribution in [0.5, 0.6) is 0 Å².